The molecule has 168 valence electrons. The first-order valence-electron chi connectivity index (χ1n) is 11.6. The maximum absolute atomic E-state index is 12.0. The first-order valence-corrected chi connectivity index (χ1v) is 12.4. The number of carboxylic acid groups (broad SMARTS) is 1. The van der Waals surface area contributed by atoms with Crippen LogP contribution >= 0.6 is 11.3 Å². The molecule has 6 nitrogen and oxygen atoms in total. The molecule has 0 radical (unpaired) electrons. The second-order valence-electron chi connectivity index (χ2n) is 9.82. The van der Waals surface area contributed by atoms with Crippen LogP contribution in [0.15, 0.2) is 35.8 Å². The molecule has 5 rings (SSSR count). The third kappa shape index (κ3) is 4.31. The van der Waals surface area contributed by atoms with Crippen LogP contribution in [0.2, 0.25) is 0 Å². The highest BCUT2D eigenvalue weighted by Crippen LogP contribution is 2.57. The summed E-state index contributed by atoms with van der Waals surface area (Å²) in [5.74, 6) is 0.530. The van der Waals surface area contributed by atoms with Gasteiger partial charge in [-0.2, -0.15) is 5.10 Å². The molecule has 3 aromatic heterocycles. The molecule has 2 aliphatic rings. The van der Waals surface area contributed by atoms with Crippen molar-refractivity contribution >= 4 is 28.9 Å². The number of nitrogens with zero attached hydrogens (tertiary/aromatic N) is 3. The van der Waals surface area contributed by atoms with Gasteiger partial charge in [-0.15, -0.1) is 11.3 Å². The monoisotopic (exact) mass is 450 g/mol. The summed E-state index contributed by atoms with van der Waals surface area (Å²) in [7, 11) is 0. The molecule has 2 aliphatic carbocycles. The molecule has 0 atom stereocenters. The quantitative estimate of drug-likeness (QED) is 0.427. The smallest absolute Gasteiger partial charge is 0.339 e. The lowest BCUT2D eigenvalue weighted by Crippen LogP contribution is -2.21. The minimum absolute atomic E-state index is 0.157. The van der Waals surface area contributed by atoms with Crippen LogP contribution in [0.4, 0.5) is 11.6 Å². The van der Waals surface area contributed by atoms with Crippen LogP contribution in [0.3, 0.4) is 0 Å². The summed E-state index contributed by atoms with van der Waals surface area (Å²) < 4.78 is 2.21. The van der Waals surface area contributed by atoms with Crippen molar-refractivity contribution in [2.75, 3.05) is 5.32 Å². The summed E-state index contributed by atoms with van der Waals surface area (Å²) in [6.45, 7) is 4.44. The highest BCUT2D eigenvalue weighted by atomic mass is 32.1. The number of hydrogen-bond donors (Lipinski definition) is 2. The minimum atomic E-state index is -0.998. The van der Waals surface area contributed by atoms with Crippen molar-refractivity contribution in [1.29, 1.82) is 0 Å². The van der Waals surface area contributed by atoms with Gasteiger partial charge in [-0.1, -0.05) is 19.9 Å². The van der Waals surface area contributed by atoms with E-state index in [-0.39, 0.29) is 5.56 Å². The number of pyridine rings is 1. The minimum Gasteiger partial charge on any atom is -0.478 e. The topological polar surface area (TPSA) is 80.0 Å². The molecule has 0 bridgehead atoms. The Morgan fingerprint density at radius 3 is 2.69 bits per heavy atom. The van der Waals surface area contributed by atoms with Crippen LogP contribution in [0.25, 0.3) is 10.4 Å². The summed E-state index contributed by atoms with van der Waals surface area (Å²) in [4.78, 5) is 17.4. The number of anilines is 2. The zero-order valence-electron chi connectivity index (χ0n) is 18.7. The van der Waals surface area contributed by atoms with Gasteiger partial charge in [0, 0.05) is 28.4 Å². The van der Waals surface area contributed by atoms with Crippen LogP contribution in [0, 0.1) is 11.3 Å². The highest BCUT2D eigenvalue weighted by molar-refractivity contribution is 7.13. The first kappa shape index (κ1) is 21.2. The Morgan fingerprint density at radius 1 is 1.28 bits per heavy atom. The van der Waals surface area contributed by atoms with Crippen LogP contribution in [0.5, 0.6) is 0 Å². The van der Waals surface area contributed by atoms with E-state index in [1.165, 1.54) is 44.2 Å². The normalized spacial score (nSPS) is 17.7. The van der Waals surface area contributed by atoms with Crippen LogP contribution in [0.1, 0.15) is 74.5 Å². The Morgan fingerprint density at radius 2 is 2.06 bits per heavy atom. The predicted octanol–water partition coefficient (Wildman–Crippen LogP) is 6.54. The zero-order chi connectivity index (χ0) is 22.3. The molecule has 0 aliphatic heterocycles. The summed E-state index contributed by atoms with van der Waals surface area (Å²) in [6, 6.07) is 8.11. The van der Waals surface area contributed by atoms with E-state index < -0.39 is 5.97 Å². The third-order valence-electron chi connectivity index (χ3n) is 6.92. The Hall–Kier alpha value is -2.67. The molecule has 3 heterocycles. The van der Waals surface area contributed by atoms with Gasteiger partial charge in [0.05, 0.1) is 6.04 Å². The maximum Gasteiger partial charge on any atom is 0.339 e. The van der Waals surface area contributed by atoms with Gasteiger partial charge in [0.2, 0.25) is 0 Å². The van der Waals surface area contributed by atoms with Crippen LogP contribution in [-0.2, 0) is 6.42 Å². The van der Waals surface area contributed by atoms with Crippen molar-refractivity contribution in [3.8, 4) is 10.4 Å². The van der Waals surface area contributed by atoms with Crippen molar-refractivity contribution in [2.45, 2.75) is 64.8 Å². The van der Waals surface area contributed by atoms with Crippen molar-refractivity contribution in [3.05, 3.63) is 47.1 Å². The maximum atomic E-state index is 12.0. The first-order chi connectivity index (χ1) is 15.4. The number of rotatable bonds is 7. The molecule has 32 heavy (non-hydrogen) atoms. The number of aromatic carboxylic acids is 1. The number of aromatic nitrogens is 3. The highest BCUT2D eigenvalue weighted by Gasteiger charge is 2.45. The largest absolute Gasteiger partial charge is 0.478 e. The van der Waals surface area contributed by atoms with Gasteiger partial charge >= 0.3 is 5.97 Å². The Kier molecular flexibility index (Phi) is 5.53. The molecule has 1 spiro atoms. The van der Waals surface area contributed by atoms with E-state index in [0.717, 1.165) is 16.9 Å². The average Bonchev–Trinajstić information content (AvgIpc) is 3.15. The fourth-order valence-corrected chi connectivity index (χ4v) is 5.65. The van der Waals surface area contributed by atoms with Crippen LogP contribution in [-0.4, -0.2) is 25.8 Å². The number of hydrogen-bond acceptors (Lipinski definition) is 5. The molecular formula is C25H30N4O2S. The average molecular weight is 451 g/mol. The SMILES string of the molecule is CC(C)Cc1cc(Nc2ncc(-c3cccs3)cc2C(=O)O)nn1C1CCC2(CC1)CC2. The number of nitrogens with one attached hydrogen (secondary N) is 1. The molecule has 0 aromatic carbocycles. The fourth-order valence-electron chi connectivity index (χ4n) is 4.94. The summed E-state index contributed by atoms with van der Waals surface area (Å²) in [5, 5.41) is 19.9. The van der Waals surface area contributed by atoms with E-state index in [1.807, 2.05) is 17.5 Å². The van der Waals surface area contributed by atoms with E-state index in [4.69, 9.17) is 5.10 Å². The lowest BCUT2D eigenvalue weighted by atomic mass is 9.83. The number of carbonyl (C=O) groups is 1. The van der Waals surface area contributed by atoms with E-state index in [9.17, 15) is 9.90 Å². The van der Waals surface area contributed by atoms with Crippen molar-refractivity contribution in [2.24, 2.45) is 11.3 Å². The van der Waals surface area contributed by atoms with E-state index in [0.29, 0.717) is 29.0 Å². The van der Waals surface area contributed by atoms with E-state index >= 15 is 0 Å². The second-order valence-corrected chi connectivity index (χ2v) is 10.8. The number of thiophene rings is 1. The molecule has 7 heteroatoms. The van der Waals surface area contributed by atoms with Crippen LogP contribution < -0.4 is 5.32 Å². The lowest BCUT2D eigenvalue weighted by Gasteiger charge is -2.30. The van der Waals surface area contributed by atoms with Gasteiger partial charge in [0.15, 0.2) is 5.82 Å². The summed E-state index contributed by atoms with van der Waals surface area (Å²) in [5.41, 5.74) is 2.83. The molecule has 0 saturated heterocycles. The van der Waals surface area contributed by atoms with E-state index in [2.05, 4.69) is 34.9 Å². The summed E-state index contributed by atoms with van der Waals surface area (Å²) in [6.07, 6.45) is 10.4. The second kappa shape index (κ2) is 8.35. The Labute approximate surface area is 192 Å². The lowest BCUT2D eigenvalue weighted by molar-refractivity contribution is 0.0697. The molecule has 3 aromatic rings. The van der Waals surface area contributed by atoms with Gasteiger partial charge in [-0.25, -0.2) is 9.78 Å². The van der Waals surface area contributed by atoms with Gasteiger partial charge in [-0.3, -0.25) is 4.68 Å². The standard InChI is InChI=1S/C25H30N4O2S/c1-16(2)12-19-14-22(28-29(19)18-5-7-25(8-6-18)9-10-25)27-23-20(24(30)31)13-17(15-26-23)21-4-3-11-32-21/h3-4,11,13-16,18H,5-10,12H2,1-2H3,(H,30,31)(H,26,27,28). The fraction of sp³-hybridized carbons (Fsp3) is 0.480. The molecule has 0 unspecified atom stereocenters. The van der Waals surface area contributed by atoms with Crippen molar-refractivity contribution in [1.82, 2.24) is 14.8 Å². The molecule has 0 amide bonds. The Bertz CT molecular complexity index is 1110. The number of carboxylic acids is 1. The van der Waals surface area contributed by atoms with Gasteiger partial charge in [0.1, 0.15) is 11.4 Å². The molecule has 2 N–H and O–H groups in total. The van der Waals surface area contributed by atoms with Crippen molar-refractivity contribution in [3.63, 3.8) is 0 Å². The Balaban J connectivity index is 1.42. The van der Waals surface area contributed by atoms with Crippen molar-refractivity contribution < 1.29 is 9.90 Å². The predicted molar refractivity (Wildman–Crippen MR) is 128 cm³/mol. The zero-order valence-corrected chi connectivity index (χ0v) is 19.5. The molecule has 2 fully saturated rings. The third-order valence-corrected chi connectivity index (χ3v) is 7.84. The summed E-state index contributed by atoms with van der Waals surface area (Å²) >= 11 is 1.57. The molecular weight excluding hydrogens is 420 g/mol. The van der Waals surface area contributed by atoms with Gasteiger partial charge < -0.3 is 10.4 Å². The van der Waals surface area contributed by atoms with E-state index in [1.54, 1.807) is 23.6 Å². The van der Waals surface area contributed by atoms with Gasteiger partial charge in [-0.05, 0) is 73.8 Å². The molecule has 2 saturated carbocycles. The van der Waals surface area contributed by atoms with Gasteiger partial charge in [0.25, 0.3) is 0 Å².